The summed E-state index contributed by atoms with van der Waals surface area (Å²) in [7, 11) is 0. The third kappa shape index (κ3) is 4.87. The molecule has 0 aliphatic carbocycles. The highest BCUT2D eigenvalue weighted by Gasteiger charge is 2.07. The lowest BCUT2D eigenvalue weighted by Crippen LogP contribution is -2.34. The standard InChI is InChI=1S/C8H16N2O2/c1-6(2)8(11)12-7(3)10-5-4-9/h7,10H,1,4-5,9H2,2-3H3. The van der Waals surface area contributed by atoms with Gasteiger partial charge in [-0.3, -0.25) is 5.32 Å². The van der Waals surface area contributed by atoms with Crippen molar-refractivity contribution in [3.8, 4) is 0 Å². The van der Waals surface area contributed by atoms with Crippen LogP contribution in [0.25, 0.3) is 0 Å². The molecule has 0 fully saturated rings. The fourth-order valence-corrected chi connectivity index (χ4v) is 0.589. The van der Waals surface area contributed by atoms with E-state index < -0.39 is 0 Å². The van der Waals surface area contributed by atoms with E-state index in [9.17, 15) is 4.79 Å². The second-order valence-corrected chi connectivity index (χ2v) is 2.57. The van der Waals surface area contributed by atoms with Gasteiger partial charge in [0.25, 0.3) is 0 Å². The van der Waals surface area contributed by atoms with E-state index in [1.807, 2.05) is 0 Å². The average molecular weight is 172 g/mol. The fraction of sp³-hybridized carbons (Fsp3) is 0.625. The molecular formula is C8H16N2O2. The summed E-state index contributed by atoms with van der Waals surface area (Å²) in [5.74, 6) is -0.382. The first-order valence-electron chi connectivity index (χ1n) is 3.88. The third-order valence-corrected chi connectivity index (χ3v) is 1.21. The Hall–Kier alpha value is -0.870. The minimum absolute atomic E-state index is 0.308. The number of ether oxygens (including phenoxy) is 1. The lowest BCUT2D eigenvalue weighted by Gasteiger charge is -2.13. The van der Waals surface area contributed by atoms with Gasteiger partial charge in [-0.1, -0.05) is 6.58 Å². The van der Waals surface area contributed by atoms with Crippen LogP contribution in [0.1, 0.15) is 13.8 Å². The van der Waals surface area contributed by atoms with Gasteiger partial charge in [-0.2, -0.15) is 0 Å². The van der Waals surface area contributed by atoms with Crippen LogP contribution < -0.4 is 11.1 Å². The molecule has 0 bridgehead atoms. The number of carbonyl (C=O) groups excluding carboxylic acids is 1. The summed E-state index contributed by atoms with van der Waals surface area (Å²) in [6, 6.07) is 0. The Morgan fingerprint density at radius 3 is 2.75 bits per heavy atom. The van der Waals surface area contributed by atoms with Gasteiger partial charge in [-0.25, -0.2) is 4.79 Å². The number of rotatable bonds is 5. The van der Waals surface area contributed by atoms with Crippen molar-refractivity contribution in [3.05, 3.63) is 12.2 Å². The maximum atomic E-state index is 10.9. The molecule has 0 heterocycles. The third-order valence-electron chi connectivity index (χ3n) is 1.21. The summed E-state index contributed by atoms with van der Waals surface area (Å²) in [4.78, 5) is 10.9. The van der Waals surface area contributed by atoms with E-state index in [1.165, 1.54) is 0 Å². The van der Waals surface area contributed by atoms with Crippen molar-refractivity contribution in [2.24, 2.45) is 5.73 Å². The van der Waals surface area contributed by atoms with Gasteiger partial charge < -0.3 is 10.5 Å². The van der Waals surface area contributed by atoms with E-state index in [-0.39, 0.29) is 12.2 Å². The predicted octanol–water partition coefficient (Wildman–Crippen LogP) is 0.000000000000000111. The van der Waals surface area contributed by atoms with Gasteiger partial charge in [0.2, 0.25) is 0 Å². The molecule has 0 rings (SSSR count). The van der Waals surface area contributed by atoms with Crippen LogP contribution in [-0.2, 0) is 9.53 Å². The second-order valence-electron chi connectivity index (χ2n) is 2.57. The zero-order valence-electron chi connectivity index (χ0n) is 7.59. The highest BCUT2D eigenvalue weighted by atomic mass is 16.6. The molecule has 0 aromatic heterocycles. The topological polar surface area (TPSA) is 64.3 Å². The molecule has 1 unspecified atom stereocenters. The Morgan fingerprint density at radius 1 is 1.75 bits per heavy atom. The van der Waals surface area contributed by atoms with Gasteiger partial charge in [-0.15, -0.1) is 0 Å². The molecule has 3 N–H and O–H groups in total. The van der Waals surface area contributed by atoms with E-state index in [0.717, 1.165) is 0 Å². The van der Waals surface area contributed by atoms with Crippen molar-refractivity contribution in [2.75, 3.05) is 13.1 Å². The summed E-state index contributed by atoms with van der Waals surface area (Å²) < 4.78 is 4.91. The van der Waals surface area contributed by atoms with Gasteiger partial charge in [0.1, 0.15) is 0 Å². The normalized spacial score (nSPS) is 12.2. The van der Waals surface area contributed by atoms with E-state index in [0.29, 0.717) is 18.7 Å². The molecule has 0 aliphatic rings. The minimum atomic E-state index is -0.382. The van der Waals surface area contributed by atoms with Crippen molar-refractivity contribution in [2.45, 2.75) is 20.1 Å². The Bertz CT molecular complexity index is 168. The first kappa shape index (κ1) is 11.1. The quantitative estimate of drug-likeness (QED) is 0.348. The maximum absolute atomic E-state index is 10.9. The average Bonchev–Trinajstić information content (AvgIpc) is 2.00. The number of nitrogens with two attached hydrogens (primary N) is 1. The first-order valence-corrected chi connectivity index (χ1v) is 3.88. The monoisotopic (exact) mass is 172 g/mol. The molecule has 0 aromatic rings. The van der Waals surface area contributed by atoms with Crippen molar-refractivity contribution in [3.63, 3.8) is 0 Å². The number of esters is 1. The van der Waals surface area contributed by atoms with Crippen molar-refractivity contribution >= 4 is 5.97 Å². The molecule has 0 spiro atoms. The smallest absolute Gasteiger partial charge is 0.334 e. The van der Waals surface area contributed by atoms with Crippen LogP contribution in [-0.4, -0.2) is 25.3 Å². The summed E-state index contributed by atoms with van der Waals surface area (Å²) in [5.41, 5.74) is 5.65. The van der Waals surface area contributed by atoms with Gasteiger partial charge in [-0.05, 0) is 13.8 Å². The predicted molar refractivity (Wildman–Crippen MR) is 47.4 cm³/mol. The van der Waals surface area contributed by atoms with E-state index in [1.54, 1.807) is 13.8 Å². The maximum Gasteiger partial charge on any atom is 0.334 e. The molecule has 1 atom stereocenters. The molecule has 4 heteroatoms. The Kier molecular flexibility index (Phi) is 5.32. The lowest BCUT2D eigenvalue weighted by molar-refractivity contribution is -0.144. The number of nitrogens with one attached hydrogen (secondary N) is 1. The summed E-state index contributed by atoms with van der Waals surface area (Å²) in [6.45, 7) is 7.97. The number of hydrogen-bond acceptors (Lipinski definition) is 4. The fourth-order valence-electron chi connectivity index (χ4n) is 0.589. The minimum Gasteiger partial charge on any atom is -0.444 e. The highest BCUT2D eigenvalue weighted by Crippen LogP contribution is 1.94. The Balaban J connectivity index is 3.61. The second kappa shape index (κ2) is 5.74. The summed E-state index contributed by atoms with van der Waals surface area (Å²) >= 11 is 0. The zero-order chi connectivity index (χ0) is 9.56. The Morgan fingerprint density at radius 2 is 2.33 bits per heavy atom. The van der Waals surface area contributed by atoms with Crippen molar-refractivity contribution in [1.82, 2.24) is 5.32 Å². The summed E-state index contributed by atoms with van der Waals surface area (Å²) in [5, 5.41) is 2.91. The summed E-state index contributed by atoms with van der Waals surface area (Å²) in [6.07, 6.45) is -0.308. The molecule has 0 amide bonds. The molecule has 12 heavy (non-hydrogen) atoms. The highest BCUT2D eigenvalue weighted by molar-refractivity contribution is 5.87. The van der Waals surface area contributed by atoms with Gasteiger partial charge in [0, 0.05) is 18.7 Å². The lowest BCUT2D eigenvalue weighted by atomic mass is 10.4. The van der Waals surface area contributed by atoms with Crippen LogP contribution in [0.3, 0.4) is 0 Å². The molecule has 0 aliphatic heterocycles. The van der Waals surface area contributed by atoms with Crippen LogP contribution in [0.4, 0.5) is 0 Å². The number of carbonyl (C=O) groups is 1. The van der Waals surface area contributed by atoms with Crippen molar-refractivity contribution < 1.29 is 9.53 Å². The van der Waals surface area contributed by atoms with Gasteiger partial charge in [0.05, 0.1) is 0 Å². The molecular weight excluding hydrogens is 156 g/mol. The SMILES string of the molecule is C=C(C)C(=O)OC(C)NCCN. The molecule has 0 aromatic carbocycles. The van der Waals surface area contributed by atoms with Crippen molar-refractivity contribution in [1.29, 1.82) is 0 Å². The first-order chi connectivity index (χ1) is 5.57. The van der Waals surface area contributed by atoms with Crippen LogP contribution in [0.2, 0.25) is 0 Å². The van der Waals surface area contributed by atoms with Crippen LogP contribution in [0, 0.1) is 0 Å². The molecule has 0 saturated heterocycles. The van der Waals surface area contributed by atoms with E-state index in [2.05, 4.69) is 11.9 Å². The largest absolute Gasteiger partial charge is 0.444 e. The molecule has 70 valence electrons. The van der Waals surface area contributed by atoms with Crippen LogP contribution in [0.5, 0.6) is 0 Å². The Labute approximate surface area is 72.8 Å². The van der Waals surface area contributed by atoms with E-state index in [4.69, 9.17) is 10.5 Å². The van der Waals surface area contributed by atoms with Crippen LogP contribution >= 0.6 is 0 Å². The number of hydrogen-bond donors (Lipinski definition) is 2. The molecule has 0 saturated carbocycles. The zero-order valence-corrected chi connectivity index (χ0v) is 7.59. The van der Waals surface area contributed by atoms with E-state index >= 15 is 0 Å². The molecule has 4 nitrogen and oxygen atoms in total. The van der Waals surface area contributed by atoms with Crippen LogP contribution in [0.15, 0.2) is 12.2 Å². The molecule has 0 radical (unpaired) electrons. The van der Waals surface area contributed by atoms with Gasteiger partial charge in [0.15, 0.2) is 6.23 Å². The van der Waals surface area contributed by atoms with Gasteiger partial charge >= 0.3 is 5.97 Å².